The van der Waals surface area contributed by atoms with Crippen LogP contribution in [0.2, 0.25) is 0 Å². The van der Waals surface area contributed by atoms with Crippen LogP contribution in [0, 0.1) is 0 Å². The number of benzene rings is 8. The van der Waals surface area contributed by atoms with Gasteiger partial charge in [0.25, 0.3) is 0 Å². The topological polar surface area (TPSA) is 43.2 Å². The Bertz CT molecular complexity index is 4030. The lowest BCUT2D eigenvalue weighted by atomic mass is 9.58. The van der Waals surface area contributed by atoms with E-state index in [9.17, 15) is 0 Å². The summed E-state index contributed by atoms with van der Waals surface area (Å²) in [4.78, 5) is 0. The van der Waals surface area contributed by atoms with Crippen molar-refractivity contribution in [1.82, 2.24) is 4.57 Å². The van der Waals surface area contributed by atoms with Gasteiger partial charge in [-0.3, -0.25) is 0 Å². The zero-order valence-corrected chi connectivity index (χ0v) is 40.6. The van der Waals surface area contributed by atoms with Gasteiger partial charge >= 0.3 is 0 Å². The number of aromatic nitrogens is 1. The number of rotatable bonds is 3. The fourth-order valence-corrected chi connectivity index (χ4v) is 12.9. The van der Waals surface area contributed by atoms with Crippen LogP contribution in [0.4, 0.5) is 11.4 Å². The molecular weight excluding hydrogens is 828 g/mol. The predicted molar refractivity (Wildman–Crippen MR) is 288 cm³/mol. The van der Waals surface area contributed by atoms with E-state index in [2.05, 4.69) is 206 Å². The molecule has 8 aromatic carbocycles. The molecule has 0 atom stereocenters. The molecule has 3 aliphatic rings. The lowest BCUT2D eigenvalue weighted by molar-refractivity contribution is 0.332. The first kappa shape index (κ1) is 40.1. The zero-order chi connectivity index (χ0) is 46.4. The van der Waals surface area contributed by atoms with E-state index in [1.165, 1.54) is 82.7 Å². The van der Waals surface area contributed by atoms with E-state index in [1.54, 1.807) is 0 Å². The molecule has 0 saturated carbocycles. The van der Waals surface area contributed by atoms with Gasteiger partial charge < -0.3 is 18.7 Å². The number of anilines is 2. The lowest BCUT2D eigenvalue weighted by Crippen LogP contribution is -2.38. The summed E-state index contributed by atoms with van der Waals surface area (Å²) in [6.45, 7) is 21.4. The molecule has 2 aliphatic carbocycles. The fourth-order valence-electron chi connectivity index (χ4n) is 12.9. The van der Waals surface area contributed by atoms with Crippen molar-refractivity contribution in [3.63, 3.8) is 0 Å². The van der Waals surface area contributed by atoms with Gasteiger partial charge in [0.15, 0.2) is 7.28 Å². The molecule has 1 aliphatic heterocycles. The molecule has 3 aromatic heterocycles. The largest absolute Gasteiger partial charge is 0.456 e. The average Bonchev–Trinajstić information content (AvgIpc) is 4.04. The Morgan fingerprint density at radius 2 is 1.24 bits per heavy atom. The van der Waals surface area contributed by atoms with Crippen LogP contribution < -0.4 is 16.2 Å². The Morgan fingerprint density at radius 1 is 0.559 bits per heavy atom. The number of nitrogens with zero attached hydrogens (tertiary/aromatic N) is 1. The molecule has 5 heteroatoms. The fraction of sp³-hybridized carbons (Fsp3) is 0.238. The first-order chi connectivity index (χ1) is 32.6. The van der Waals surface area contributed by atoms with Crippen molar-refractivity contribution in [3.8, 4) is 27.9 Å². The maximum atomic E-state index is 7.37. The Kier molecular flexibility index (Phi) is 7.77. The third kappa shape index (κ3) is 5.33. The van der Waals surface area contributed by atoms with Crippen molar-refractivity contribution in [2.45, 2.75) is 96.8 Å². The van der Waals surface area contributed by atoms with Crippen LogP contribution in [0.5, 0.6) is 0 Å². The quantitative estimate of drug-likeness (QED) is 0.180. The summed E-state index contributed by atoms with van der Waals surface area (Å²) in [6, 6.07) is 50.1. The first-order valence-corrected chi connectivity index (χ1v) is 24.7. The Balaban J connectivity index is 1.16. The molecule has 68 heavy (non-hydrogen) atoms. The number of hydrogen-bond donors (Lipinski definition) is 1. The van der Waals surface area contributed by atoms with Gasteiger partial charge in [-0.25, -0.2) is 0 Å². The second-order valence-corrected chi connectivity index (χ2v) is 23.2. The number of hydrogen-bond acceptors (Lipinski definition) is 3. The van der Waals surface area contributed by atoms with Gasteiger partial charge in [0.1, 0.15) is 22.3 Å². The van der Waals surface area contributed by atoms with Crippen molar-refractivity contribution in [2.24, 2.45) is 0 Å². The molecule has 11 aromatic rings. The van der Waals surface area contributed by atoms with Gasteiger partial charge in [0, 0.05) is 66.3 Å². The van der Waals surface area contributed by atoms with Gasteiger partial charge in [0.05, 0.1) is 16.7 Å². The van der Waals surface area contributed by atoms with E-state index in [0.717, 1.165) is 81.1 Å². The normalized spacial score (nSPS) is 16.4. The van der Waals surface area contributed by atoms with E-state index in [-0.39, 0.29) is 21.7 Å². The minimum atomic E-state index is -0.140. The molecule has 0 saturated heterocycles. The van der Waals surface area contributed by atoms with Crippen LogP contribution in [-0.4, -0.2) is 11.8 Å². The molecule has 0 bridgehead atoms. The minimum absolute atomic E-state index is 0.0366. The highest BCUT2D eigenvalue weighted by Crippen LogP contribution is 2.54. The van der Waals surface area contributed by atoms with Crippen LogP contribution >= 0.6 is 0 Å². The van der Waals surface area contributed by atoms with Gasteiger partial charge in [-0.2, -0.15) is 0 Å². The van der Waals surface area contributed by atoms with Crippen molar-refractivity contribution >= 4 is 95.3 Å². The Labute approximate surface area is 398 Å². The van der Waals surface area contributed by atoms with Gasteiger partial charge in [-0.05, 0) is 122 Å². The van der Waals surface area contributed by atoms with E-state index >= 15 is 0 Å². The Morgan fingerprint density at radius 3 is 1.99 bits per heavy atom. The third-order valence-electron chi connectivity index (χ3n) is 16.8. The molecule has 0 unspecified atom stereocenters. The summed E-state index contributed by atoms with van der Waals surface area (Å²) >= 11 is 0. The number of para-hydroxylation sites is 2. The SMILES string of the molecule is CC(C)(C)c1ccc(Nc2cc3oc4ccccc4c3cc2-c2c3c4c(c5cc6c(cc5n4-c4cc5c(cc4B3)-c3ccccc3C5(C)C)C(C)(C)CCC6(C)C)c3c2oc2ccccc23)cc1. The van der Waals surface area contributed by atoms with Gasteiger partial charge in [0.2, 0.25) is 0 Å². The van der Waals surface area contributed by atoms with Crippen LogP contribution in [0.1, 0.15) is 103 Å². The highest BCUT2D eigenvalue weighted by Gasteiger charge is 2.41. The van der Waals surface area contributed by atoms with E-state index in [1.807, 2.05) is 0 Å². The maximum Gasteiger partial charge on any atom is 0.198 e. The molecule has 0 amide bonds. The highest BCUT2D eigenvalue weighted by atomic mass is 16.3. The molecule has 0 fully saturated rings. The van der Waals surface area contributed by atoms with E-state index in [4.69, 9.17) is 8.83 Å². The lowest BCUT2D eigenvalue weighted by Gasteiger charge is -2.42. The van der Waals surface area contributed by atoms with Crippen LogP contribution in [-0.2, 0) is 21.7 Å². The molecule has 14 rings (SSSR count). The average molecular weight is 883 g/mol. The van der Waals surface area contributed by atoms with Crippen molar-refractivity contribution in [1.29, 1.82) is 0 Å². The maximum absolute atomic E-state index is 7.37. The smallest absolute Gasteiger partial charge is 0.198 e. The van der Waals surface area contributed by atoms with Crippen molar-refractivity contribution in [2.75, 3.05) is 5.32 Å². The first-order valence-electron chi connectivity index (χ1n) is 24.7. The van der Waals surface area contributed by atoms with Crippen LogP contribution in [0.25, 0.3) is 93.6 Å². The second-order valence-electron chi connectivity index (χ2n) is 23.2. The summed E-state index contributed by atoms with van der Waals surface area (Å²) in [5.74, 6) is 0. The summed E-state index contributed by atoms with van der Waals surface area (Å²) in [7, 11) is 0.751. The zero-order valence-electron chi connectivity index (χ0n) is 40.6. The van der Waals surface area contributed by atoms with Crippen molar-refractivity contribution < 1.29 is 8.83 Å². The monoisotopic (exact) mass is 882 g/mol. The van der Waals surface area contributed by atoms with Crippen LogP contribution in [0.15, 0.2) is 142 Å². The second kappa shape index (κ2) is 13.2. The highest BCUT2D eigenvalue weighted by molar-refractivity contribution is 6.74. The summed E-state index contributed by atoms with van der Waals surface area (Å²) in [6.07, 6.45) is 2.31. The standard InChI is InChI=1S/C63H55BN2O2/c1-60(2,3)34-22-24-35(25-23-34)65-48-33-53-40(37-17-11-14-20-51(37)67-53)28-41(48)56-57-58-54(55-38-18-12-15-21-52(38)68-59(55)56)42-29-45-46(62(6,7)27-26-61(45,4)5)32-49(42)66(58)50-31-44-39(30-47(50)64-57)36-16-10-13-19-43(36)63(44,8)9/h10-25,28-33,64-65H,26-27H2,1-9H3. The predicted octanol–water partition coefficient (Wildman–Crippen LogP) is 15.6. The molecule has 4 heterocycles. The number of nitrogens with one attached hydrogen (secondary N) is 1. The van der Waals surface area contributed by atoms with Gasteiger partial charge in [-0.1, -0.05) is 147 Å². The van der Waals surface area contributed by atoms with Crippen LogP contribution in [0.3, 0.4) is 0 Å². The molecule has 1 N–H and O–H groups in total. The van der Waals surface area contributed by atoms with Crippen molar-refractivity contribution in [3.05, 3.63) is 161 Å². The number of fused-ring (bicyclic) bond motifs is 16. The summed E-state index contributed by atoms with van der Waals surface area (Å²) < 4.78 is 16.7. The summed E-state index contributed by atoms with van der Waals surface area (Å²) in [5, 5.41) is 11.1. The molecule has 332 valence electrons. The number of furan rings is 2. The summed E-state index contributed by atoms with van der Waals surface area (Å²) in [5.41, 5.74) is 24.0. The van der Waals surface area contributed by atoms with E-state index in [0.29, 0.717) is 0 Å². The molecule has 0 spiro atoms. The Hall–Kier alpha value is -6.98. The molecule has 0 radical (unpaired) electrons. The van der Waals surface area contributed by atoms with Gasteiger partial charge in [-0.15, -0.1) is 0 Å². The third-order valence-corrected chi connectivity index (χ3v) is 16.8. The van der Waals surface area contributed by atoms with E-state index < -0.39 is 0 Å². The molecular formula is C63H55BN2O2. The minimum Gasteiger partial charge on any atom is -0.456 e. The molecule has 4 nitrogen and oxygen atoms in total.